The largest absolute Gasteiger partial charge is 0.344 e. The summed E-state index contributed by atoms with van der Waals surface area (Å²) < 4.78 is 0.969. The van der Waals surface area contributed by atoms with Crippen molar-refractivity contribution in [3.63, 3.8) is 0 Å². The molecule has 18 heavy (non-hydrogen) atoms. The highest BCUT2D eigenvalue weighted by Crippen LogP contribution is 2.31. The predicted octanol–water partition coefficient (Wildman–Crippen LogP) is 1.62. The highest BCUT2D eigenvalue weighted by molar-refractivity contribution is 9.10. The van der Waals surface area contributed by atoms with Crippen LogP contribution >= 0.6 is 15.9 Å². The van der Waals surface area contributed by atoms with E-state index in [1.807, 2.05) is 18.2 Å². The van der Waals surface area contributed by atoms with Gasteiger partial charge in [0.25, 0.3) is 0 Å². The Morgan fingerprint density at radius 3 is 2.94 bits per heavy atom. The van der Waals surface area contributed by atoms with Crippen molar-refractivity contribution in [2.75, 3.05) is 11.4 Å². The SMILES string of the molecule is O=C1CC[C@@H](C(=O)N2CCc3ccc(Br)cc32)N1. The number of carbonyl (C=O) groups excluding carboxylic acids is 2. The molecule has 1 saturated heterocycles. The van der Waals surface area contributed by atoms with Crippen LogP contribution in [-0.4, -0.2) is 24.4 Å². The fourth-order valence-electron chi connectivity index (χ4n) is 2.57. The summed E-state index contributed by atoms with van der Waals surface area (Å²) in [6, 6.07) is 5.66. The second kappa shape index (κ2) is 4.39. The number of halogens is 1. The van der Waals surface area contributed by atoms with Crippen molar-refractivity contribution in [1.29, 1.82) is 0 Å². The number of benzene rings is 1. The van der Waals surface area contributed by atoms with Crippen LogP contribution in [-0.2, 0) is 16.0 Å². The standard InChI is InChI=1S/C13H13BrN2O2/c14-9-2-1-8-5-6-16(11(8)7-9)13(18)10-3-4-12(17)15-10/h1-2,7,10H,3-6H2,(H,15,17)/t10-/m0/s1. The third-order valence-electron chi connectivity index (χ3n) is 3.50. The number of hydrogen-bond donors (Lipinski definition) is 1. The summed E-state index contributed by atoms with van der Waals surface area (Å²) in [6.07, 6.45) is 1.95. The van der Waals surface area contributed by atoms with Crippen molar-refractivity contribution in [1.82, 2.24) is 5.32 Å². The third kappa shape index (κ3) is 1.92. The normalized spacial score (nSPS) is 21.9. The molecule has 0 saturated carbocycles. The van der Waals surface area contributed by atoms with E-state index >= 15 is 0 Å². The maximum Gasteiger partial charge on any atom is 0.249 e. The first kappa shape index (κ1) is 11.7. The zero-order chi connectivity index (χ0) is 12.7. The molecule has 1 N–H and O–H groups in total. The number of amides is 2. The Morgan fingerprint density at radius 1 is 1.39 bits per heavy atom. The lowest BCUT2D eigenvalue weighted by atomic mass is 10.1. The minimum atomic E-state index is -0.345. The average Bonchev–Trinajstić information content (AvgIpc) is 2.94. The maximum absolute atomic E-state index is 12.4. The third-order valence-corrected chi connectivity index (χ3v) is 4.00. The summed E-state index contributed by atoms with van der Waals surface area (Å²) in [5.41, 5.74) is 2.16. The highest BCUT2D eigenvalue weighted by atomic mass is 79.9. The summed E-state index contributed by atoms with van der Waals surface area (Å²) in [6.45, 7) is 0.705. The van der Waals surface area contributed by atoms with Gasteiger partial charge >= 0.3 is 0 Å². The lowest BCUT2D eigenvalue weighted by molar-refractivity contribution is -0.124. The first-order chi connectivity index (χ1) is 8.65. The molecule has 1 aromatic carbocycles. The Balaban J connectivity index is 1.85. The van der Waals surface area contributed by atoms with E-state index in [2.05, 4.69) is 21.2 Å². The van der Waals surface area contributed by atoms with E-state index in [9.17, 15) is 9.59 Å². The molecule has 0 bridgehead atoms. The number of nitrogens with one attached hydrogen (secondary N) is 1. The van der Waals surface area contributed by atoms with Crippen molar-refractivity contribution in [2.24, 2.45) is 0 Å². The number of fused-ring (bicyclic) bond motifs is 1. The Bertz CT molecular complexity index is 530. The van der Waals surface area contributed by atoms with Crippen LogP contribution in [0.3, 0.4) is 0 Å². The molecule has 1 atom stereocenters. The van der Waals surface area contributed by atoms with Crippen LogP contribution in [0.25, 0.3) is 0 Å². The fraction of sp³-hybridized carbons (Fsp3) is 0.385. The number of hydrogen-bond acceptors (Lipinski definition) is 2. The molecule has 0 spiro atoms. The lowest BCUT2D eigenvalue weighted by Crippen LogP contribution is -2.43. The molecule has 94 valence electrons. The van der Waals surface area contributed by atoms with Gasteiger partial charge in [-0.2, -0.15) is 0 Å². The van der Waals surface area contributed by atoms with Crippen LogP contribution in [0.4, 0.5) is 5.69 Å². The van der Waals surface area contributed by atoms with Crippen LogP contribution in [0.2, 0.25) is 0 Å². The van der Waals surface area contributed by atoms with Crippen molar-refractivity contribution in [2.45, 2.75) is 25.3 Å². The first-order valence-electron chi connectivity index (χ1n) is 6.04. The summed E-state index contributed by atoms with van der Waals surface area (Å²) >= 11 is 3.43. The monoisotopic (exact) mass is 308 g/mol. The van der Waals surface area contributed by atoms with E-state index < -0.39 is 0 Å². The number of rotatable bonds is 1. The maximum atomic E-state index is 12.4. The van der Waals surface area contributed by atoms with Crippen LogP contribution in [0, 0.1) is 0 Å². The number of anilines is 1. The summed E-state index contributed by atoms with van der Waals surface area (Å²) in [7, 11) is 0. The molecule has 2 heterocycles. The minimum Gasteiger partial charge on any atom is -0.344 e. The summed E-state index contributed by atoms with van der Waals surface area (Å²) in [5.74, 6) is -0.0142. The molecule has 0 radical (unpaired) electrons. The first-order valence-corrected chi connectivity index (χ1v) is 6.83. The molecule has 2 amide bonds. The Kier molecular flexibility index (Phi) is 2.86. The van der Waals surface area contributed by atoms with Gasteiger partial charge in [-0.05, 0) is 30.5 Å². The molecule has 0 unspecified atom stereocenters. The summed E-state index contributed by atoms with van der Waals surface area (Å²) in [4.78, 5) is 25.3. The Labute approximate surface area is 113 Å². The molecule has 2 aliphatic heterocycles. The van der Waals surface area contributed by atoms with Gasteiger partial charge in [-0.3, -0.25) is 9.59 Å². The van der Waals surface area contributed by atoms with E-state index in [4.69, 9.17) is 0 Å². The van der Waals surface area contributed by atoms with Gasteiger partial charge < -0.3 is 10.2 Å². The van der Waals surface area contributed by atoms with Crippen LogP contribution in [0.15, 0.2) is 22.7 Å². The van der Waals surface area contributed by atoms with Crippen molar-refractivity contribution < 1.29 is 9.59 Å². The smallest absolute Gasteiger partial charge is 0.249 e. The second-order valence-corrected chi connectivity index (χ2v) is 5.59. The molecule has 1 fully saturated rings. The highest BCUT2D eigenvalue weighted by Gasteiger charge is 2.34. The molecule has 5 heteroatoms. The van der Waals surface area contributed by atoms with Gasteiger partial charge in [0.2, 0.25) is 11.8 Å². The molecule has 0 aliphatic carbocycles. The van der Waals surface area contributed by atoms with Gasteiger partial charge in [-0.25, -0.2) is 0 Å². The number of nitrogens with zero attached hydrogens (tertiary/aromatic N) is 1. The zero-order valence-corrected chi connectivity index (χ0v) is 11.4. The lowest BCUT2D eigenvalue weighted by Gasteiger charge is -2.21. The molecule has 4 nitrogen and oxygen atoms in total. The topological polar surface area (TPSA) is 49.4 Å². The minimum absolute atomic E-state index is 0.0118. The van der Waals surface area contributed by atoms with Gasteiger partial charge in [0.05, 0.1) is 0 Å². The zero-order valence-electron chi connectivity index (χ0n) is 9.78. The molecular weight excluding hydrogens is 296 g/mol. The van der Waals surface area contributed by atoms with Crippen LogP contribution in [0.5, 0.6) is 0 Å². The van der Waals surface area contributed by atoms with Gasteiger partial charge in [0, 0.05) is 23.1 Å². The van der Waals surface area contributed by atoms with E-state index in [-0.39, 0.29) is 17.9 Å². The van der Waals surface area contributed by atoms with Crippen LogP contribution < -0.4 is 10.2 Å². The molecular formula is C13H13BrN2O2. The van der Waals surface area contributed by atoms with E-state index in [1.54, 1.807) is 4.90 Å². The molecule has 3 rings (SSSR count). The van der Waals surface area contributed by atoms with E-state index in [1.165, 1.54) is 5.56 Å². The van der Waals surface area contributed by atoms with Crippen molar-refractivity contribution in [3.8, 4) is 0 Å². The van der Waals surface area contributed by atoms with Gasteiger partial charge in [0.15, 0.2) is 0 Å². The van der Waals surface area contributed by atoms with Crippen molar-refractivity contribution >= 4 is 33.4 Å². The van der Waals surface area contributed by atoms with Crippen LogP contribution in [0.1, 0.15) is 18.4 Å². The molecule has 2 aliphatic rings. The molecule has 0 aromatic heterocycles. The van der Waals surface area contributed by atoms with Gasteiger partial charge in [-0.1, -0.05) is 22.0 Å². The second-order valence-electron chi connectivity index (χ2n) is 4.67. The quantitative estimate of drug-likeness (QED) is 0.857. The average molecular weight is 309 g/mol. The number of carbonyl (C=O) groups is 2. The van der Waals surface area contributed by atoms with Gasteiger partial charge in [-0.15, -0.1) is 0 Å². The predicted molar refractivity (Wildman–Crippen MR) is 71.4 cm³/mol. The Morgan fingerprint density at radius 2 is 2.22 bits per heavy atom. The van der Waals surface area contributed by atoms with Crippen molar-refractivity contribution in [3.05, 3.63) is 28.2 Å². The Hall–Kier alpha value is -1.36. The van der Waals surface area contributed by atoms with E-state index in [0.29, 0.717) is 19.4 Å². The molecule has 1 aromatic rings. The van der Waals surface area contributed by atoms with E-state index in [0.717, 1.165) is 16.6 Å². The fourth-order valence-corrected chi connectivity index (χ4v) is 2.92. The summed E-state index contributed by atoms with van der Waals surface area (Å²) in [5, 5.41) is 2.73. The van der Waals surface area contributed by atoms with Gasteiger partial charge in [0.1, 0.15) is 6.04 Å².